The van der Waals surface area contributed by atoms with Gasteiger partial charge >= 0.3 is 0 Å². The highest BCUT2D eigenvalue weighted by atomic mass is 19.1. The molecule has 3 heterocycles. The third-order valence-electron chi connectivity index (χ3n) is 5.20. The quantitative estimate of drug-likeness (QED) is 0.680. The van der Waals surface area contributed by atoms with Gasteiger partial charge in [0.2, 0.25) is 0 Å². The molecule has 0 radical (unpaired) electrons. The molecule has 3 aromatic rings. The number of para-hydroxylation sites is 1. The average Bonchev–Trinajstić information content (AvgIpc) is 2.76. The number of aromatic nitrogens is 2. The van der Waals surface area contributed by atoms with Crippen LogP contribution in [0.25, 0.3) is 17.0 Å². The van der Waals surface area contributed by atoms with Crippen molar-refractivity contribution < 1.29 is 19.0 Å². The van der Waals surface area contributed by atoms with Gasteiger partial charge in [-0.1, -0.05) is 24.8 Å². The Balaban J connectivity index is 1.68. The number of aliphatic hydroxyl groups is 1. The zero-order valence-electron chi connectivity index (χ0n) is 16.3. The lowest BCUT2D eigenvalue weighted by atomic mass is 10.00. The van der Waals surface area contributed by atoms with E-state index in [0.29, 0.717) is 24.8 Å². The molecule has 2 aromatic heterocycles. The first-order valence-electron chi connectivity index (χ1n) is 9.77. The van der Waals surface area contributed by atoms with E-state index in [1.807, 2.05) is 12.1 Å². The van der Waals surface area contributed by atoms with Crippen LogP contribution in [0.1, 0.15) is 33.7 Å². The van der Waals surface area contributed by atoms with Crippen molar-refractivity contribution in [2.24, 2.45) is 0 Å². The number of nitrogens with one attached hydrogen (secondary N) is 1. The molecule has 1 saturated heterocycles. The third-order valence-corrected chi connectivity index (χ3v) is 5.20. The van der Waals surface area contributed by atoms with Gasteiger partial charge < -0.3 is 15.2 Å². The van der Waals surface area contributed by atoms with E-state index in [2.05, 4.69) is 21.9 Å². The molecular weight excluding hydrogens is 385 g/mol. The molecule has 2 atom stereocenters. The summed E-state index contributed by atoms with van der Waals surface area (Å²) in [6, 6.07) is 9.76. The Morgan fingerprint density at radius 1 is 1.37 bits per heavy atom. The average molecular weight is 407 g/mol. The molecule has 2 unspecified atom stereocenters. The fourth-order valence-corrected chi connectivity index (χ4v) is 3.56. The Kier molecular flexibility index (Phi) is 5.83. The van der Waals surface area contributed by atoms with Crippen molar-refractivity contribution in [2.75, 3.05) is 13.2 Å². The van der Waals surface area contributed by atoms with Crippen LogP contribution in [0.5, 0.6) is 0 Å². The molecule has 0 aliphatic carbocycles. The van der Waals surface area contributed by atoms with Crippen molar-refractivity contribution >= 4 is 22.9 Å². The summed E-state index contributed by atoms with van der Waals surface area (Å²) in [4.78, 5) is 21.4. The number of halogens is 1. The van der Waals surface area contributed by atoms with Gasteiger partial charge in [0.15, 0.2) is 0 Å². The van der Waals surface area contributed by atoms with E-state index < -0.39 is 23.9 Å². The second kappa shape index (κ2) is 8.69. The molecule has 1 fully saturated rings. The second-order valence-electron chi connectivity index (χ2n) is 7.29. The van der Waals surface area contributed by atoms with Gasteiger partial charge in [-0.3, -0.25) is 9.78 Å². The summed E-state index contributed by atoms with van der Waals surface area (Å²) in [7, 11) is 0. The van der Waals surface area contributed by atoms with Gasteiger partial charge in [0.1, 0.15) is 17.0 Å². The molecular formula is C23H22FN3O3. The Morgan fingerprint density at radius 3 is 2.97 bits per heavy atom. The van der Waals surface area contributed by atoms with Crippen LogP contribution in [0.4, 0.5) is 4.39 Å². The fourth-order valence-electron chi connectivity index (χ4n) is 3.56. The predicted molar refractivity (Wildman–Crippen MR) is 112 cm³/mol. The monoisotopic (exact) mass is 407 g/mol. The number of aliphatic hydroxyl groups excluding tert-OH is 1. The van der Waals surface area contributed by atoms with Gasteiger partial charge in [0, 0.05) is 18.2 Å². The maximum absolute atomic E-state index is 14.5. The van der Waals surface area contributed by atoms with E-state index in [-0.39, 0.29) is 17.8 Å². The maximum Gasteiger partial charge on any atom is 0.270 e. The van der Waals surface area contributed by atoms with E-state index in [4.69, 9.17) is 4.74 Å². The molecule has 6 nitrogen and oxygen atoms in total. The molecule has 1 aromatic carbocycles. The summed E-state index contributed by atoms with van der Waals surface area (Å²) >= 11 is 0. The summed E-state index contributed by atoms with van der Waals surface area (Å²) in [6.07, 6.45) is 3.58. The highest BCUT2D eigenvalue weighted by molar-refractivity contribution is 5.96. The van der Waals surface area contributed by atoms with E-state index >= 15 is 0 Å². The molecule has 30 heavy (non-hydrogen) atoms. The van der Waals surface area contributed by atoms with Gasteiger partial charge in [-0.15, -0.1) is 0 Å². The molecule has 1 amide bonds. The number of pyridine rings is 2. The van der Waals surface area contributed by atoms with E-state index in [1.165, 1.54) is 6.07 Å². The molecule has 2 N–H and O–H groups in total. The van der Waals surface area contributed by atoms with E-state index in [0.717, 1.165) is 16.8 Å². The molecule has 1 aliphatic rings. The topological polar surface area (TPSA) is 84.3 Å². The Labute approximate surface area is 173 Å². The van der Waals surface area contributed by atoms with E-state index in [1.54, 1.807) is 30.5 Å². The third kappa shape index (κ3) is 4.22. The van der Waals surface area contributed by atoms with Crippen LogP contribution < -0.4 is 5.32 Å². The van der Waals surface area contributed by atoms with Crippen LogP contribution in [0.3, 0.4) is 0 Å². The molecule has 4 rings (SSSR count). The van der Waals surface area contributed by atoms with E-state index in [9.17, 15) is 14.3 Å². The maximum atomic E-state index is 14.5. The number of hydrogen-bond acceptors (Lipinski definition) is 5. The molecule has 0 spiro atoms. The zero-order chi connectivity index (χ0) is 21.1. The first kappa shape index (κ1) is 20.1. The molecule has 154 valence electrons. The van der Waals surface area contributed by atoms with Gasteiger partial charge in [-0.2, -0.15) is 0 Å². The van der Waals surface area contributed by atoms with Crippen molar-refractivity contribution in [3.63, 3.8) is 0 Å². The zero-order valence-corrected chi connectivity index (χ0v) is 16.3. The SMILES string of the molecule is C=Cc1ccc(Cc2cc(C(=O)NC3CCOCC3O)nc3c(F)cccc23)cn1. The number of carbonyl (C=O) groups excluding carboxylic acids is 1. The van der Waals surface area contributed by atoms with Gasteiger partial charge in [0.05, 0.1) is 24.4 Å². The number of ether oxygens (including phenoxy) is 1. The van der Waals surface area contributed by atoms with Gasteiger partial charge in [0.25, 0.3) is 5.91 Å². The molecule has 1 aliphatic heterocycles. The summed E-state index contributed by atoms with van der Waals surface area (Å²) < 4.78 is 19.7. The Morgan fingerprint density at radius 2 is 2.23 bits per heavy atom. The summed E-state index contributed by atoms with van der Waals surface area (Å²) in [5, 5.41) is 13.5. The lowest BCUT2D eigenvalue weighted by Gasteiger charge is -2.28. The standard InChI is InChI=1S/C23H22FN3O3/c1-2-16-7-6-14(12-25-16)10-15-11-20(26-22-17(15)4-3-5-18(22)24)23(29)27-19-8-9-30-13-21(19)28/h2-7,11-12,19,21,28H,1,8-10,13H2,(H,27,29). The minimum absolute atomic E-state index is 0.108. The normalized spacial score (nSPS) is 18.9. The van der Waals surface area contributed by atoms with Crippen molar-refractivity contribution in [2.45, 2.75) is 25.0 Å². The lowest BCUT2D eigenvalue weighted by molar-refractivity contribution is -0.0261. The number of hydrogen-bond donors (Lipinski definition) is 2. The summed E-state index contributed by atoms with van der Waals surface area (Å²) in [5.74, 6) is -0.942. The fraction of sp³-hybridized carbons (Fsp3) is 0.261. The number of carbonyl (C=O) groups is 1. The summed E-state index contributed by atoms with van der Waals surface area (Å²) in [6.45, 7) is 4.33. The smallest absolute Gasteiger partial charge is 0.270 e. The van der Waals surface area contributed by atoms with Crippen LogP contribution >= 0.6 is 0 Å². The first-order chi connectivity index (χ1) is 14.5. The molecule has 0 bridgehead atoms. The summed E-state index contributed by atoms with van der Waals surface area (Å²) in [5.41, 5.74) is 2.70. The minimum Gasteiger partial charge on any atom is -0.389 e. The Bertz CT molecular complexity index is 1080. The number of rotatable bonds is 5. The van der Waals surface area contributed by atoms with Crippen molar-refractivity contribution in [1.29, 1.82) is 0 Å². The predicted octanol–water partition coefficient (Wildman–Crippen LogP) is 2.88. The lowest BCUT2D eigenvalue weighted by Crippen LogP contribution is -2.48. The first-order valence-corrected chi connectivity index (χ1v) is 9.77. The number of fused-ring (bicyclic) bond motifs is 1. The number of nitrogens with zero attached hydrogens (tertiary/aromatic N) is 2. The number of benzene rings is 1. The van der Waals surface area contributed by atoms with Gasteiger partial charge in [-0.25, -0.2) is 9.37 Å². The largest absolute Gasteiger partial charge is 0.389 e. The van der Waals surface area contributed by atoms with Crippen molar-refractivity contribution in [3.05, 3.63) is 77.5 Å². The van der Waals surface area contributed by atoms with Crippen LogP contribution in [-0.4, -0.2) is 46.3 Å². The van der Waals surface area contributed by atoms with Crippen molar-refractivity contribution in [1.82, 2.24) is 15.3 Å². The highest BCUT2D eigenvalue weighted by Gasteiger charge is 2.26. The molecule has 7 heteroatoms. The van der Waals surface area contributed by atoms with Gasteiger partial charge in [-0.05, 0) is 48.2 Å². The molecule has 0 saturated carbocycles. The highest BCUT2D eigenvalue weighted by Crippen LogP contribution is 2.24. The van der Waals surface area contributed by atoms with Crippen LogP contribution in [0.15, 0.2) is 49.2 Å². The minimum atomic E-state index is -0.784. The van der Waals surface area contributed by atoms with Crippen LogP contribution in [-0.2, 0) is 11.2 Å². The second-order valence-corrected chi connectivity index (χ2v) is 7.29. The number of amides is 1. The van der Waals surface area contributed by atoms with Crippen molar-refractivity contribution in [3.8, 4) is 0 Å². The van der Waals surface area contributed by atoms with Crippen LogP contribution in [0, 0.1) is 5.82 Å². The Hall–Kier alpha value is -3.16. The van der Waals surface area contributed by atoms with Crippen LogP contribution in [0.2, 0.25) is 0 Å².